The molecule has 2 aliphatic carbocycles. The van der Waals surface area contributed by atoms with Crippen molar-refractivity contribution in [2.24, 2.45) is 22.7 Å². The second-order valence-corrected chi connectivity index (χ2v) is 8.82. The lowest BCUT2D eigenvalue weighted by atomic mass is 9.69. The topological polar surface area (TPSA) is 15.3 Å². The lowest BCUT2D eigenvalue weighted by Gasteiger charge is -2.40. The van der Waals surface area contributed by atoms with Crippen LogP contribution in [0, 0.1) is 22.7 Å². The van der Waals surface area contributed by atoms with E-state index >= 15 is 0 Å². The van der Waals surface area contributed by atoms with E-state index in [4.69, 9.17) is 0 Å². The minimum absolute atomic E-state index is 0.506. The van der Waals surface area contributed by atoms with Crippen LogP contribution in [0.4, 0.5) is 0 Å². The fraction of sp³-hybridized carbons (Fsp3) is 1.00. The molecule has 0 aromatic rings. The fourth-order valence-electron chi connectivity index (χ4n) is 4.81. The van der Waals surface area contributed by atoms with Crippen molar-refractivity contribution >= 4 is 0 Å². The van der Waals surface area contributed by atoms with Crippen LogP contribution in [0.1, 0.15) is 60.3 Å². The van der Waals surface area contributed by atoms with Crippen molar-refractivity contribution in [2.45, 2.75) is 72.4 Å². The van der Waals surface area contributed by atoms with Crippen LogP contribution >= 0.6 is 0 Å². The second kappa shape index (κ2) is 5.61. The van der Waals surface area contributed by atoms with Gasteiger partial charge < -0.3 is 10.2 Å². The molecular weight excluding hydrogens is 244 g/mol. The van der Waals surface area contributed by atoms with Gasteiger partial charge in [-0.3, -0.25) is 0 Å². The maximum Gasteiger partial charge on any atom is 0.0217 e. The number of nitrogens with one attached hydrogen (secondary N) is 1. The van der Waals surface area contributed by atoms with E-state index in [0.717, 1.165) is 24.4 Å². The van der Waals surface area contributed by atoms with Crippen molar-refractivity contribution in [3.8, 4) is 0 Å². The minimum Gasteiger partial charge on any atom is -0.312 e. The summed E-state index contributed by atoms with van der Waals surface area (Å²) in [5.41, 5.74) is 1.03. The largest absolute Gasteiger partial charge is 0.312 e. The number of hydrogen-bond acceptors (Lipinski definition) is 2. The molecule has 0 aliphatic heterocycles. The van der Waals surface area contributed by atoms with Gasteiger partial charge in [0.2, 0.25) is 0 Å². The molecule has 4 atom stereocenters. The quantitative estimate of drug-likeness (QED) is 0.797. The van der Waals surface area contributed by atoms with Crippen LogP contribution in [-0.2, 0) is 0 Å². The maximum absolute atomic E-state index is 3.95. The van der Waals surface area contributed by atoms with Gasteiger partial charge in [0.15, 0.2) is 0 Å². The molecule has 0 heterocycles. The summed E-state index contributed by atoms with van der Waals surface area (Å²) >= 11 is 0. The normalized spacial score (nSPS) is 37.0. The zero-order valence-electron chi connectivity index (χ0n) is 14.8. The Labute approximate surface area is 126 Å². The number of fused-ring (bicyclic) bond motifs is 2. The van der Waals surface area contributed by atoms with Crippen molar-refractivity contribution in [2.75, 3.05) is 20.6 Å². The molecule has 2 nitrogen and oxygen atoms in total. The standard InChI is InChI=1S/C18H36N2/c1-13(2)10-15(20(6)7)12-19-16-11-14-8-9-18(16,5)17(14,3)4/h13-16,19H,8-12H2,1-7H3. The number of hydrogen-bond donors (Lipinski definition) is 1. The van der Waals surface area contributed by atoms with E-state index in [-0.39, 0.29) is 0 Å². The average molecular weight is 280 g/mol. The number of nitrogens with zero attached hydrogens (tertiary/aromatic N) is 1. The molecule has 20 heavy (non-hydrogen) atoms. The Morgan fingerprint density at radius 1 is 1.20 bits per heavy atom. The SMILES string of the molecule is CC(C)CC(CNC1CC2CCC1(C)C2(C)C)N(C)C. The van der Waals surface area contributed by atoms with Crippen molar-refractivity contribution < 1.29 is 0 Å². The van der Waals surface area contributed by atoms with E-state index in [1.807, 2.05) is 0 Å². The average Bonchev–Trinajstić information content (AvgIpc) is 2.66. The van der Waals surface area contributed by atoms with E-state index in [2.05, 4.69) is 58.9 Å². The minimum atomic E-state index is 0.506. The van der Waals surface area contributed by atoms with Crippen LogP contribution in [0.2, 0.25) is 0 Å². The summed E-state index contributed by atoms with van der Waals surface area (Å²) in [7, 11) is 4.45. The molecule has 0 aromatic heterocycles. The molecule has 2 bridgehead atoms. The smallest absolute Gasteiger partial charge is 0.0217 e. The molecule has 1 N–H and O–H groups in total. The molecule has 0 saturated heterocycles. The highest BCUT2D eigenvalue weighted by atomic mass is 15.1. The zero-order valence-corrected chi connectivity index (χ0v) is 14.8. The Balaban J connectivity index is 1.95. The van der Waals surface area contributed by atoms with Crippen LogP contribution < -0.4 is 5.32 Å². The predicted octanol–water partition coefficient (Wildman–Crippen LogP) is 3.77. The molecule has 2 aliphatic rings. The van der Waals surface area contributed by atoms with Crippen LogP contribution in [0.3, 0.4) is 0 Å². The molecule has 0 amide bonds. The fourth-order valence-corrected chi connectivity index (χ4v) is 4.81. The van der Waals surface area contributed by atoms with Crippen molar-refractivity contribution in [1.82, 2.24) is 10.2 Å². The summed E-state index contributed by atoms with van der Waals surface area (Å²) in [4.78, 5) is 2.40. The summed E-state index contributed by atoms with van der Waals surface area (Å²) in [6.45, 7) is 13.4. The highest BCUT2D eigenvalue weighted by molar-refractivity contribution is 5.13. The van der Waals surface area contributed by atoms with E-state index in [1.54, 1.807) is 0 Å². The van der Waals surface area contributed by atoms with Gasteiger partial charge in [-0.05, 0) is 62.4 Å². The monoisotopic (exact) mass is 280 g/mol. The lowest BCUT2D eigenvalue weighted by molar-refractivity contribution is 0.115. The lowest BCUT2D eigenvalue weighted by Crippen LogP contribution is -2.49. The molecule has 0 radical (unpaired) electrons. The van der Waals surface area contributed by atoms with Gasteiger partial charge in [0.1, 0.15) is 0 Å². The van der Waals surface area contributed by atoms with E-state index in [1.165, 1.54) is 25.7 Å². The Morgan fingerprint density at radius 2 is 1.85 bits per heavy atom. The highest BCUT2D eigenvalue weighted by Crippen LogP contribution is 2.65. The summed E-state index contributed by atoms with van der Waals surface area (Å²) < 4.78 is 0. The van der Waals surface area contributed by atoms with E-state index < -0.39 is 0 Å². The first-order chi connectivity index (χ1) is 9.18. The van der Waals surface area contributed by atoms with Gasteiger partial charge in [0, 0.05) is 18.6 Å². The summed E-state index contributed by atoms with van der Waals surface area (Å²) in [6, 6.07) is 1.40. The summed E-state index contributed by atoms with van der Waals surface area (Å²) in [5.74, 6) is 1.71. The highest BCUT2D eigenvalue weighted by Gasteiger charge is 2.61. The molecule has 0 spiro atoms. The van der Waals surface area contributed by atoms with Crippen LogP contribution in [-0.4, -0.2) is 37.6 Å². The third-order valence-corrected chi connectivity index (χ3v) is 6.87. The molecule has 2 rings (SSSR count). The molecule has 118 valence electrons. The Hall–Kier alpha value is -0.0800. The van der Waals surface area contributed by atoms with Gasteiger partial charge in [0.05, 0.1) is 0 Å². The van der Waals surface area contributed by atoms with Crippen molar-refractivity contribution in [3.05, 3.63) is 0 Å². The second-order valence-electron chi connectivity index (χ2n) is 8.82. The van der Waals surface area contributed by atoms with Crippen LogP contribution in [0.5, 0.6) is 0 Å². The maximum atomic E-state index is 3.95. The van der Waals surface area contributed by atoms with Gasteiger partial charge in [-0.15, -0.1) is 0 Å². The van der Waals surface area contributed by atoms with Crippen molar-refractivity contribution in [1.29, 1.82) is 0 Å². The molecule has 2 heteroatoms. The van der Waals surface area contributed by atoms with Crippen LogP contribution in [0.25, 0.3) is 0 Å². The first-order valence-electron chi connectivity index (χ1n) is 8.58. The van der Waals surface area contributed by atoms with Gasteiger partial charge in [-0.2, -0.15) is 0 Å². The first kappa shape index (κ1) is 16.3. The van der Waals surface area contributed by atoms with Crippen molar-refractivity contribution in [3.63, 3.8) is 0 Å². The van der Waals surface area contributed by atoms with Gasteiger partial charge in [-0.25, -0.2) is 0 Å². The predicted molar refractivity (Wildman–Crippen MR) is 87.9 cm³/mol. The van der Waals surface area contributed by atoms with Gasteiger partial charge >= 0.3 is 0 Å². The van der Waals surface area contributed by atoms with Gasteiger partial charge in [0.25, 0.3) is 0 Å². The Kier molecular flexibility index (Phi) is 4.57. The number of rotatable bonds is 6. The molecule has 2 fully saturated rings. The third kappa shape index (κ3) is 2.66. The molecular formula is C18H36N2. The first-order valence-corrected chi connectivity index (χ1v) is 8.58. The zero-order chi connectivity index (χ0) is 15.1. The van der Waals surface area contributed by atoms with Crippen LogP contribution in [0.15, 0.2) is 0 Å². The molecule has 0 aromatic carbocycles. The Morgan fingerprint density at radius 3 is 2.25 bits per heavy atom. The number of likely N-dealkylation sites (N-methyl/N-ethyl adjacent to an activating group) is 1. The molecule has 2 saturated carbocycles. The Bertz CT molecular complexity index is 334. The summed E-state index contributed by atoms with van der Waals surface area (Å²) in [6.07, 6.45) is 5.55. The summed E-state index contributed by atoms with van der Waals surface area (Å²) in [5, 5.41) is 3.95. The van der Waals surface area contributed by atoms with Gasteiger partial charge in [-0.1, -0.05) is 34.6 Å². The van der Waals surface area contributed by atoms with E-state index in [0.29, 0.717) is 16.9 Å². The van der Waals surface area contributed by atoms with E-state index in [9.17, 15) is 0 Å². The molecule has 4 unspecified atom stereocenters. The third-order valence-electron chi connectivity index (χ3n) is 6.87.